The smallest absolute Gasteiger partial charge is 0.223 e. The van der Waals surface area contributed by atoms with Crippen molar-refractivity contribution >= 4 is 5.91 Å². The fourth-order valence-corrected chi connectivity index (χ4v) is 2.57. The van der Waals surface area contributed by atoms with E-state index in [1.54, 1.807) is 17.1 Å². The molecule has 6 heteroatoms. The first-order chi connectivity index (χ1) is 10.3. The monoisotopic (exact) mass is 289 g/mol. The van der Waals surface area contributed by atoms with Crippen molar-refractivity contribution in [1.82, 2.24) is 15.1 Å². The van der Waals surface area contributed by atoms with E-state index in [4.69, 9.17) is 9.15 Å². The van der Waals surface area contributed by atoms with Crippen LogP contribution in [-0.2, 0) is 9.53 Å². The van der Waals surface area contributed by atoms with Gasteiger partial charge >= 0.3 is 0 Å². The van der Waals surface area contributed by atoms with E-state index >= 15 is 0 Å². The van der Waals surface area contributed by atoms with E-state index in [0.717, 1.165) is 18.6 Å². The maximum Gasteiger partial charge on any atom is 0.223 e. The lowest BCUT2D eigenvalue weighted by molar-refractivity contribution is -0.127. The van der Waals surface area contributed by atoms with Crippen molar-refractivity contribution in [3.05, 3.63) is 42.6 Å². The Morgan fingerprint density at radius 2 is 2.29 bits per heavy atom. The fraction of sp³-hybridized carbons (Fsp3) is 0.467. The van der Waals surface area contributed by atoms with E-state index in [1.807, 2.05) is 24.4 Å². The van der Waals surface area contributed by atoms with Crippen LogP contribution < -0.4 is 5.32 Å². The summed E-state index contributed by atoms with van der Waals surface area (Å²) in [7, 11) is 0. The van der Waals surface area contributed by atoms with Crippen molar-refractivity contribution in [3.8, 4) is 0 Å². The van der Waals surface area contributed by atoms with Crippen molar-refractivity contribution in [1.29, 1.82) is 0 Å². The van der Waals surface area contributed by atoms with Crippen LogP contribution in [0.2, 0.25) is 0 Å². The molecule has 3 heterocycles. The minimum atomic E-state index is -0.126. The van der Waals surface area contributed by atoms with Gasteiger partial charge in [0.1, 0.15) is 11.8 Å². The Balaban J connectivity index is 1.64. The summed E-state index contributed by atoms with van der Waals surface area (Å²) in [4.78, 5) is 12.2. The van der Waals surface area contributed by atoms with Crippen LogP contribution in [-0.4, -0.2) is 35.4 Å². The van der Waals surface area contributed by atoms with Gasteiger partial charge in [0.25, 0.3) is 0 Å². The number of nitrogens with zero attached hydrogens (tertiary/aromatic N) is 2. The lowest BCUT2D eigenvalue weighted by Gasteiger charge is -2.23. The van der Waals surface area contributed by atoms with Crippen molar-refractivity contribution in [2.75, 3.05) is 19.8 Å². The van der Waals surface area contributed by atoms with E-state index in [2.05, 4.69) is 10.4 Å². The van der Waals surface area contributed by atoms with E-state index in [-0.39, 0.29) is 17.9 Å². The Morgan fingerprint density at radius 1 is 1.43 bits per heavy atom. The number of furan rings is 1. The molecule has 1 amide bonds. The van der Waals surface area contributed by atoms with Crippen LogP contribution in [0, 0.1) is 5.92 Å². The number of amides is 1. The van der Waals surface area contributed by atoms with E-state index < -0.39 is 0 Å². The first kappa shape index (κ1) is 13.9. The van der Waals surface area contributed by atoms with Gasteiger partial charge < -0.3 is 14.5 Å². The Labute approximate surface area is 123 Å². The number of nitrogens with one attached hydrogen (secondary N) is 1. The lowest BCUT2D eigenvalue weighted by Crippen LogP contribution is -2.37. The highest BCUT2D eigenvalue weighted by atomic mass is 16.5. The lowest BCUT2D eigenvalue weighted by atomic mass is 9.99. The molecule has 0 aromatic carbocycles. The van der Waals surface area contributed by atoms with Crippen LogP contribution in [0.25, 0.3) is 0 Å². The maximum atomic E-state index is 12.2. The average molecular weight is 289 g/mol. The predicted molar refractivity (Wildman–Crippen MR) is 75.6 cm³/mol. The van der Waals surface area contributed by atoms with Crippen LogP contribution in [0.1, 0.15) is 24.6 Å². The van der Waals surface area contributed by atoms with Gasteiger partial charge in [-0.3, -0.25) is 9.48 Å². The summed E-state index contributed by atoms with van der Waals surface area (Å²) in [5.74, 6) is 0.918. The topological polar surface area (TPSA) is 69.3 Å². The third-order valence-electron chi connectivity index (χ3n) is 3.78. The summed E-state index contributed by atoms with van der Waals surface area (Å²) in [6.45, 7) is 1.79. The SMILES string of the molecule is O=C(NCC(c1ccco1)n1cccn1)C1CCOCC1. The van der Waals surface area contributed by atoms with Gasteiger partial charge in [0.05, 0.1) is 6.26 Å². The maximum absolute atomic E-state index is 12.2. The molecule has 1 unspecified atom stereocenters. The predicted octanol–water partition coefficient (Wildman–Crippen LogP) is 1.61. The Hall–Kier alpha value is -2.08. The molecule has 0 saturated carbocycles. The van der Waals surface area contributed by atoms with Gasteiger partial charge in [-0.25, -0.2) is 0 Å². The van der Waals surface area contributed by atoms with Crippen LogP contribution in [0.4, 0.5) is 0 Å². The molecule has 21 heavy (non-hydrogen) atoms. The zero-order valence-electron chi connectivity index (χ0n) is 11.8. The minimum Gasteiger partial charge on any atom is -0.467 e. The third kappa shape index (κ3) is 3.33. The second-order valence-electron chi connectivity index (χ2n) is 5.15. The number of carbonyl (C=O) groups is 1. The van der Waals surface area contributed by atoms with Crippen molar-refractivity contribution in [3.63, 3.8) is 0 Å². The first-order valence-corrected chi connectivity index (χ1v) is 7.22. The van der Waals surface area contributed by atoms with E-state index in [0.29, 0.717) is 19.8 Å². The molecular weight excluding hydrogens is 270 g/mol. The average Bonchev–Trinajstić information content (AvgIpc) is 3.22. The van der Waals surface area contributed by atoms with Gasteiger partial charge in [-0.2, -0.15) is 5.10 Å². The zero-order chi connectivity index (χ0) is 14.5. The second kappa shape index (κ2) is 6.58. The Bertz CT molecular complexity index is 510. The van der Waals surface area contributed by atoms with Gasteiger partial charge in [0, 0.05) is 38.1 Å². The molecule has 2 aromatic rings. The normalized spacial score (nSPS) is 17.5. The van der Waals surface area contributed by atoms with Crippen molar-refractivity contribution < 1.29 is 13.9 Å². The summed E-state index contributed by atoms with van der Waals surface area (Å²) in [6.07, 6.45) is 6.80. The molecule has 2 aromatic heterocycles. The largest absolute Gasteiger partial charge is 0.467 e. The number of rotatable bonds is 5. The Morgan fingerprint density at radius 3 is 2.95 bits per heavy atom. The fourth-order valence-electron chi connectivity index (χ4n) is 2.57. The van der Waals surface area contributed by atoms with Crippen molar-refractivity contribution in [2.45, 2.75) is 18.9 Å². The van der Waals surface area contributed by atoms with E-state index in [1.165, 1.54) is 0 Å². The molecular formula is C15H19N3O3. The summed E-state index contributed by atoms with van der Waals surface area (Å²) < 4.78 is 12.5. The highest BCUT2D eigenvalue weighted by Gasteiger charge is 2.24. The van der Waals surface area contributed by atoms with Crippen LogP contribution in [0.15, 0.2) is 41.3 Å². The minimum absolute atomic E-state index is 0.0497. The number of ether oxygens (including phenoxy) is 1. The molecule has 0 radical (unpaired) electrons. The number of carbonyl (C=O) groups excluding carboxylic acids is 1. The molecule has 1 aliphatic rings. The van der Waals surface area contributed by atoms with Crippen LogP contribution in [0.3, 0.4) is 0 Å². The summed E-state index contributed by atoms with van der Waals surface area (Å²) in [6, 6.07) is 5.47. The van der Waals surface area contributed by atoms with E-state index in [9.17, 15) is 4.79 Å². The standard InChI is InChI=1S/C15H19N3O3/c19-15(12-4-9-20-10-5-12)16-11-13(14-3-1-8-21-14)18-7-2-6-17-18/h1-3,6-8,12-13H,4-5,9-11H2,(H,16,19). The van der Waals surface area contributed by atoms with Gasteiger partial charge in [-0.1, -0.05) is 0 Å². The molecule has 112 valence electrons. The van der Waals surface area contributed by atoms with Gasteiger partial charge in [-0.05, 0) is 31.0 Å². The van der Waals surface area contributed by atoms with Gasteiger partial charge in [-0.15, -0.1) is 0 Å². The van der Waals surface area contributed by atoms with Crippen LogP contribution in [0.5, 0.6) is 0 Å². The third-order valence-corrected chi connectivity index (χ3v) is 3.78. The molecule has 1 N–H and O–H groups in total. The summed E-state index contributed by atoms with van der Waals surface area (Å²) in [5, 5.41) is 7.26. The molecule has 0 spiro atoms. The van der Waals surface area contributed by atoms with Crippen LogP contribution >= 0.6 is 0 Å². The molecule has 1 atom stereocenters. The number of hydrogen-bond acceptors (Lipinski definition) is 4. The highest BCUT2D eigenvalue weighted by Crippen LogP contribution is 2.19. The molecule has 0 aliphatic carbocycles. The summed E-state index contributed by atoms with van der Waals surface area (Å²) in [5.41, 5.74) is 0. The molecule has 1 aliphatic heterocycles. The molecule has 1 saturated heterocycles. The number of aromatic nitrogens is 2. The van der Waals surface area contributed by atoms with Gasteiger partial charge in [0.15, 0.2) is 0 Å². The first-order valence-electron chi connectivity index (χ1n) is 7.22. The van der Waals surface area contributed by atoms with Gasteiger partial charge in [0.2, 0.25) is 5.91 Å². The van der Waals surface area contributed by atoms with Crippen molar-refractivity contribution in [2.24, 2.45) is 5.92 Å². The molecule has 6 nitrogen and oxygen atoms in total. The molecule has 3 rings (SSSR count). The number of hydrogen-bond donors (Lipinski definition) is 1. The highest BCUT2D eigenvalue weighted by molar-refractivity contribution is 5.78. The zero-order valence-corrected chi connectivity index (χ0v) is 11.8. The second-order valence-corrected chi connectivity index (χ2v) is 5.15. The molecule has 1 fully saturated rings. The summed E-state index contributed by atoms with van der Waals surface area (Å²) >= 11 is 0. The quantitative estimate of drug-likeness (QED) is 0.908. The molecule has 0 bridgehead atoms. The Kier molecular flexibility index (Phi) is 4.35.